The van der Waals surface area contributed by atoms with Crippen LogP contribution in [-0.4, -0.2) is 16.1 Å². The van der Waals surface area contributed by atoms with Crippen molar-refractivity contribution < 1.29 is 4.79 Å². The average molecular weight is 318 g/mol. The maximum atomic E-state index is 11.6. The number of aromatic nitrogens is 2. The summed E-state index contributed by atoms with van der Waals surface area (Å²) in [6.07, 6.45) is 0. The molecule has 0 saturated heterocycles. The van der Waals surface area contributed by atoms with E-state index in [1.165, 1.54) is 23.1 Å². The maximum absolute atomic E-state index is 11.6. The van der Waals surface area contributed by atoms with Crippen LogP contribution in [0.15, 0.2) is 28.6 Å². The van der Waals surface area contributed by atoms with Crippen molar-refractivity contribution >= 4 is 34.1 Å². The molecule has 0 spiro atoms. The molecule has 1 N–H and O–H groups in total. The molecule has 2 rings (SSSR count). The topological polar surface area (TPSA) is 78.7 Å². The van der Waals surface area contributed by atoms with Crippen molar-refractivity contribution in [1.29, 1.82) is 5.26 Å². The van der Waals surface area contributed by atoms with Crippen LogP contribution in [0.5, 0.6) is 0 Å². The molecule has 5 nitrogen and oxygen atoms in total. The Kier molecular flexibility index (Phi) is 5.31. The molecule has 0 aliphatic carbocycles. The molecule has 7 heteroatoms. The first-order valence-electron chi connectivity index (χ1n) is 6.35. The zero-order valence-electron chi connectivity index (χ0n) is 11.7. The van der Waals surface area contributed by atoms with Gasteiger partial charge >= 0.3 is 0 Å². The number of nitrogens with one attached hydrogen (secondary N) is 1. The highest BCUT2D eigenvalue weighted by atomic mass is 32.2. The lowest BCUT2D eigenvalue weighted by Crippen LogP contribution is -2.17. The Bertz CT molecular complexity index is 676. The number of anilines is 1. The first-order chi connectivity index (χ1) is 10.1. The fraction of sp³-hybridized carbons (Fsp3) is 0.286. The largest absolute Gasteiger partial charge is 0.300 e. The van der Waals surface area contributed by atoms with E-state index in [-0.39, 0.29) is 11.8 Å². The minimum absolute atomic E-state index is 0.0717. The minimum Gasteiger partial charge on any atom is -0.300 e. The summed E-state index contributed by atoms with van der Waals surface area (Å²) in [5.41, 5.74) is 1.64. The third-order valence-electron chi connectivity index (χ3n) is 2.65. The summed E-state index contributed by atoms with van der Waals surface area (Å²) in [5.74, 6) is 0.487. The van der Waals surface area contributed by atoms with Crippen molar-refractivity contribution in [2.24, 2.45) is 5.92 Å². The number of carbonyl (C=O) groups excluding carboxylic acids is 1. The number of thioether (sulfide) groups is 1. The SMILES string of the molecule is CC(C)C(=O)Nc1nnc(SCc2ccccc2C#N)s1. The molecule has 1 aromatic carbocycles. The lowest BCUT2D eigenvalue weighted by Gasteiger charge is -2.02. The van der Waals surface area contributed by atoms with Gasteiger partial charge in [-0.25, -0.2) is 0 Å². The van der Waals surface area contributed by atoms with Crippen LogP contribution in [0.4, 0.5) is 5.13 Å². The van der Waals surface area contributed by atoms with Gasteiger partial charge in [0, 0.05) is 11.7 Å². The number of rotatable bonds is 5. The molecule has 1 amide bonds. The smallest absolute Gasteiger partial charge is 0.228 e. The second-order valence-corrected chi connectivity index (χ2v) is 6.77. The first kappa shape index (κ1) is 15.5. The molecule has 0 aliphatic heterocycles. The summed E-state index contributed by atoms with van der Waals surface area (Å²) in [7, 11) is 0. The monoisotopic (exact) mass is 318 g/mol. The Balaban J connectivity index is 1.97. The number of hydrogen-bond acceptors (Lipinski definition) is 6. The van der Waals surface area contributed by atoms with Gasteiger partial charge in [-0.15, -0.1) is 10.2 Å². The average Bonchev–Trinajstić information content (AvgIpc) is 2.92. The van der Waals surface area contributed by atoms with Crippen LogP contribution in [0.1, 0.15) is 25.0 Å². The van der Waals surface area contributed by atoms with Crippen LogP contribution in [0.25, 0.3) is 0 Å². The predicted octanol–water partition coefficient (Wildman–Crippen LogP) is 3.30. The molecule has 0 bridgehead atoms. The van der Waals surface area contributed by atoms with E-state index in [2.05, 4.69) is 21.6 Å². The Labute approximate surface area is 131 Å². The van der Waals surface area contributed by atoms with E-state index in [0.717, 1.165) is 9.90 Å². The Hall–Kier alpha value is -1.91. The Morgan fingerprint density at radius 3 is 2.90 bits per heavy atom. The lowest BCUT2D eigenvalue weighted by molar-refractivity contribution is -0.118. The van der Waals surface area contributed by atoms with Crippen LogP contribution < -0.4 is 5.32 Å². The lowest BCUT2D eigenvalue weighted by atomic mass is 10.1. The molecular weight excluding hydrogens is 304 g/mol. The summed E-state index contributed by atoms with van der Waals surface area (Å²) in [6.45, 7) is 3.65. The molecule has 0 atom stereocenters. The zero-order valence-corrected chi connectivity index (χ0v) is 13.3. The number of benzene rings is 1. The van der Waals surface area contributed by atoms with Gasteiger partial charge in [-0.05, 0) is 11.6 Å². The van der Waals surface area contributed by atoms with Gasteiger partial charge in [-0.1, -0.05) is 55.1 Å². The van der Waals surface area contributed by atoms with E-state index in [9.17, 15) is 4.79 Å². The van der Waals surface area contributed by atoms with E-state index in [1.54, 1.807) is 6.07 Å². The van der Waals surface area contributed by atoms with Crippen molar-refractivity contribution in [2.45, 2.75) is 23.9 Å². The van der Waals surface area contributed by atoms with Gasteiger partial charge in [0.15, 0.2) is 4.34 Å². The molecule has 1 aromatic heterocycles. The van der Waals surface area contributed by atoms with E-state index < -0.39 is 0 Å². The first-order valence-corrected chi connectivity index (χ1v) is 8.15. The van der Waals surface area contributed by atoms with Crippen molar-refractivity contribution in [3.8, 4) is 6.07 Å². The highest BCUT2D eigenvalue weighted by molar-refractivity contribution is 8.00. The van der Waals surface area contributed by atoms with Crippen molar-refractivity contribution in [3.05, 3.63) is 35.4 Å². The summed E-state index contributed by atoms with van der Waals surface area (Å²) >= 11 is 2.84. The van der Waals surface area contributed by atoms with Gasteiger partial charge in [0.05, 0.1) is 11.6 Å². The molecule has 0 radical (unpaired) electrons. The van der Waals surface area contributed by atoms with Crippen molar-refractivity contribution in [1.82, 2.24) is 10.2 Å². The Morgan fingerprint density at radius 2 is 2.19 bits per heavy atom. The normalized spacial score (nSPS) is 10.4. The molecule has 108 valence electrons. The van der Waals surface area contributed by atoms with Crippen LogP contribution in [0.3, 0.4) is 0 Å². The molecule has 2 aromatic rings. The molecule has 0 unspecified atom stereocenters. The zero-order chi connectivity index (χ0) is 15.2. The molecular formula is C14H14N4OS2. The van der Waals surface area contributed by atoms with E-state index in [0.29, 0.717) is 16.4 Å². The van der Waals surface area contributed by atoms with Crippen molar-refractivity contribution in [3.63, 3.8) is 0 Å². The van der Waals surface area contributed by atoms with Crippen LogP contribution in [0, 0.1) is 17.2 Å². The number of carbonyl (C=O) groups is 1. The molecule has 0 aliphatic rings. The van der Waals surface area contributed by atoms with Gasteiger partial charge in [0.25, 0.3) is 0 Å². The number of nitriles is 1. The third-order valence-corrected chi connectivity index (χ3v) is 4.67. The summed E-state index contributed by atoms with van der Waals surface area (Å²) in [6, 6.07) is 9.65. The van der Waals surface area contributed by atoms with Gasteiger partial charge < -0.3 is 5.32 Å². The quantitative estimate of drug-likeness (QED) is 0.676. The second kappa shape index (κ2) is 7.20. The van der Waals surface area contributed by atoms with Crippen molar-refractivity contribution in [2.75, 3.05) is 5.32 Å². The summed E-state index contributed by atoms with van der Waals surface area (Å²) in [5, 5.41) is 20.2. The minimum atomic E-state index is -0.0903. The van der Waals surface area contributed by atoms with E-state index in [4.69, 9.17) is 5.26 Å². The fourth-order valence-corrected chi connectivity index (χ4v) is 3.22. The summed E-state index contributed by atoms with van der Waals surface area (Å²) < 4.78 is 0.766. The highest BCUT2D eigenvalue weighted by Gasteiger charge is 2.11. The maximum Gasteiger partial charge on any atom is 0.228 e. The summed E-state index contributed by atoms with van der Waals surface area (Å²) in [4.78, 5) is 11.6. The third kappa shape index (κ3) is 4.28. The Morgan fingerprint density at radius 1 is 1.43 bits per heavy atom. The molecule has 0 fully saturated rings. The predicted molar refractivity (Wildman–Crippen MR) is 84.1 cm³/mol. The second-order valence-electron chi connectivity index (χ2n) is 4.57. The number of hydrogen-bond donors (Lipinski definition) is 1. The molecule has 1 heterocycles. The van der Waals surface area contributed by atoms with Crippen LogP contribution in [-0.2, 0) is 10.5 Å². The number of amides is 1. The van der Waals surface area contributed by atoms with Gasteiger partial charge in [-0.3, -0.25) is 4.79 Å². The van der Waals surface area contributed by atoms with E-state index >= 15 is 0 Å². The molecule has 21 heavy (non-hydrogen) atoms. The highest BCUT2D eigenvalue weighted by Crippen LogP contribution is 2.29. The number of nitrogens with zero attached hydrogens (tertiary/aromatic N) is 3. The fourth-order valence-electron chi connectivity index (χ4n) is 1.46. The van der Waals surface area contributed by atoms with Gasteiger partial charge in [0.1, 0.15) is 0 Å². The van der Waals surface area contributed by atoms with Crippen LogP contribution >= 0.6 is 23.1 Å². The van der Waals surface area contributed by atoms with E-state index in [1.807, 2.05) is 32.0 Å². The van der Waals surface area contributed by atoms with Crippen LogP contribution in [0.2, 0.25) is 0 Å². The molecule has 0 saturated carbocycles. The van der Waals surface area contributed by atoms with Gasteiger partial charge in [-0.2, -0.15) is 5.26 Å². The van der Waals surface area contributed by atoms with Gasteiger partial charge in [0.2, 0.25) is 11.0 Å². The standard InChI is InChI=1S/C14H14N4OS2/c1-9(2)12(19)16-13-17-18-14(21-13)20-8-11-6-4-3-5-10(11)7-15/h3-6,9H,8H2,1-2H3,(H,16,17,19).